The molecule has 4 aromatic rings. The van der Waals surface area contributed by atoms with Gasteiger partial charge in [-0.1, -0.05) is 31.2 Å². The monoisotopic (exact) mass is 469 g/mol. The molecule has 0 spiro atoms. The summed E-state index contributed by atoms with van der Waals surface area (Å²) in [6, 6.07) is 18.9. The van der Waals surface area contributed by atoms with Crippen LogP contribution in [0.3, 0.4) is 0 Å². The van der Waals surface area contributed by atoms with Crippen LogP contribution in [0.15, 0.2) is 66.9 Å². The van der Waals surface area contributed by atoms with Gasteiger partial charge in [-0.2, -0.15) is 0 Å². The molecule has 0 fully saturated rings. The van der Waals surface area contributed by atoms with Gasteiger partial charge in [0.2, 0.25) is 5.88 Å². The van der Waals surface area contributed by atoms with Crippen LogP contribution >= 0.6 is 11.3 Å². The van der Waals surface area contributed by atoms with E-state index < -0.39 is 0 Å². The summed E-state index contributed by atoms with van der Waals surface area (Å²) in [6.07, 6.45) is 2.84. The smallest absolute Gasteiger partial charge is 0.276 e. The first-order valence-electron chi connectivity index (χ1n) is 11.1. The summed E-state index contributed by atoms with van der Waals surface area (Å²) in [7, 11) is 1.57. The number of fused-ring (bicyclic) bond motifs is 3. The number of para-hydroxylation sites is 1. The van der Waals surface area contributed by atoms with E-state index >= 15 is 0 Å². The maximum absolute atomic E-state index is 13.7. The van der Waals surface area contributed by atoms with Crippen molar-refractivity contribution < 1.29 is 14.3 Å². The molecule has 34 heavy (non-hydrogen) atoms. The van der Waals surface area contributed by atoms with E-state index in [1.165, 1.54) is 11.3 Å². The van der Waals surface area contributed by atoms with E-state index in [9.17, 15) is 9.59 Å². The molecular formula is C27H23N3O3S. The number of ketones is 1. The number of thiophene rings is 1. The lowest BCUT2D eigenvalue weighted by Crippen LogP contribution is -2.33. The lowest BCUT2D eigenvalue weighted by molar-refractivity contribution is 0.0977. The molecule has 4 heterocycles. The number of nitrogens with zero attached hydrogens (tertiary/aromatic N) is 3. The standard InChI is InChI=1S/C27H23N3O3S/c1-3-23(31)24-15-17-13-14-30(22-10-5-4-7-19(22)26(17)34-24)27(32)21-9-6-8-20(29-21)18-11-12-25(33-2)28-16-18/h4-12,15-16H,3,13-14H2,1-2H3. The first kappa shape index (κ1) is 22.0. The minimum Gasteiger partial charge on any atom is -0.481 e. The molecule has 1 aliphatic rings. The van der Waals surface area contributed by atoms with E-state index in [4.69, 9.17) is 4.74 Å². The van der Waals surface area contributed by atoms with Gasteiger partial charge in [0, 0.05) is 41.2 Å². The third-order valence-corrected chi connectivity index (χ3v) is 7.16. The SMILES string of the molecule is CCC(=O)c1cc2c(s1)-c1ccccc1N(C(=O)c1cccc(-c3ccc(OC)nc3)n1)CC2. The molecule has 7 heteroatoms. The maximum atomic E-state index is 13.7. The molecule has 0 radical (unpaired) electrons. The largest absolute Gasteiger partial charge is 0.481 e. The summed E-state index contributed by atoms with van der Waals surface area (Å²) < 4.78 is 5.13. The Labute approximate surface area is 201 Å². The average molecular weight is 470 g/mol. The van der Waals surface area contributed by atoms with Crippen molar-refractivity contribution in [2.75, 3.05) is 18.6 Å². The summed E-state index contributed by atoms with van der Waals surface area (Å²) in [6.45, 7) is 2.39. The van der Waals surface area contributed by atoms with Gasteiger partial charge in [-0.3, -0.25) is 9.59 Å². The molecule has 1 aromatic carbocycles. The second kappa shape index (κ2) is 9.19. The van der Waals surface area contributed by atoms with Crippen molar-refractivity contribution in [1.82, 2.24) is 9.97 Å². The Morgan fingerprint density at radius 1 is 1.09 bits per heavy atom. The minimum absolute atomic E-state index is 0.150. The molecule has 0 atom stereocenters. The quantitative estimate of drug-likeness (QED) is 0.352. The molecule has 3 aromatic heterocycles. The van der Waals surface area contributed by atoms with Crippen LogP contribution in [-0.2, 0) is 6.42 Å². The Bertz CT molecular complexity index is 1380. The third-order valence-electron chi connectivity index (χ3n) is 5.90. The fraction of sp³-hybridized carbons (Fsp3) is 0.185. The zero-order valence-corrected chi connectivity index (χ0v) is 19.8. The molecule has 1 amide bonds. The predicted molar refractivity (Wildman–Crippen MR) is 134 cm³/mol. The number of anilines is 1. The van der Waals surface area contributed by atoms with Crippen LogP contribution in [0.4, 0.5) is 5.69 Å². The first-order valence-corrected chi connectivity index (χ1v) is 12.0. The zero-order chi connectivity index (χ0) is 23.7. The van der Waals surface area contributed by atoms with Crippen LogP contribution in [0.1, 0.15) is 39.1 Å². The van der Waals surface area contributed by atoms with E-state index in [1.807, 2.05) is 55.5 Å². The highest BCUT2D eigenvalue weighted by molar-refractivity contribution is 7.17. The van der Waals surface area contributed by atoms with Gasteiger partial charge in [-0.15, -0.1) is 11.3 Å². The number of benzene rings is 1. The zero-order valence-electron chi connectivity index (χ0n) is 18.9. The van der Waals surface area contributed by atoms with Crippen LogP contribution in [-0.4, -0.2) is 35.3 Å². The van der Waals surface area contributed by atoms with E-state index in [0.717, 1.165) is 32.1 Å². The highest BCUT2D eigenvalue weighted by Gasteiger charge is 2.28. The van der Waals surface area contributed by atoms with Crippen molar-refractivity contribution >= 4 is 28.7 Å². The van der Waals surface area contributed by atoms with Crippen LogP contribution < -0.4 is 9.64 Å². The number of amides is 1. The molecule has 0 unspecified atom stereocenters. The number of Topliss-reactive ketones (excluding diaryl/α,β-unsaturated/α-hetero) is 1. The second-order valence-electron chi connectivity index (χ2n) is 7.96. The van der Waals surface area contributed by atoms with E-state index in [1.54, 1.807) is 30.3 Å². The molecule has 0 bridgehead atoms. The first-order chi connectivity index (χ1) is 16.6. The van der Waals surface area contributed by atoms with Crippen molar-refractivity contribution in [3.8, 4) is 27.6 Å². The summed E-state index contributed by atoms with van der Waals surface area (Å²) in [4.78, 5) is 38.5. The Kier molecular flexibility index (Phi) is 5.94. The summed E-state index contributed by atoms with van der Waals surface area (Å²) >= 11 is 1.52. The Morgan fingerprint density at radius 3 is 2.71 bits per heavy atom. The summed E-state index contributed by atoms with van der Waals surface area (Å²) in [5, 5.41) is 0. The summed E-state index contributed by atoms with van der Waals surface area (Å²) in [5.74, 6) is 0.515. The number of rotatable bonds is 5. The third kappa shape index (κ3) is 3.99. The van der Waals surface area contributed by atoms with Gasteiger partial charge >= 0.3 is 0 Å². The number of methoxy groups -OCH3 is 1. The van der Waals surface area contributed by atoms with Gasteiger partial charge in [0.1, 0.15) is 5.69 Å². The van der Waals surface area contributed by atoms with Crippen LogP contribution in [0.5, 0.6) is 5.88 Å². The number of ether oxygens (including phenoxy) is 1. The molecule has 5 rings (SSSR count). The predicted octanol–water partition coefficient (Wildman–Crippen LogP) is 5.68. The lowest BCUT2D eigenvalue weighted by atomic mass is 10.1. The molecule has 1 aliphatic heterocycles. The topological polar surface area (TPSA) is 72.4 Å². The highest BCUT2D eigenvalue weighted by atomic mass is 32.1. The van der Waals surface area contributed by atoms with E-state index in [2.05, 4.69) is 9.97 Å². The van der Waals surface area contributed by atoms with E-state index in [0.29, 0.717) is 36.7 Å². The van der Waals surface area contributed by atoms with Crippen molar-refractivity contribution in [2.45, 2.75) is 19.8 Å². The van der Waals surface area contributed by atoms with Gasteiger partial charge in [-0.05, 0) is 42.3 Å². The van der Waals surface area contributed by atoms with Crippen LogP contribution in [0.25, 0.3) is 21.7 Å². The number of aromatic nitrogens is 2. The Morgan fingerprint density at radius 2 is 1.94 bits per heavy atom. The number of carbonyl (C=O) groups is 2. The Balaban J connectivity index is 1.50. The molecule has 0 saturated carbocycles. The van der Waals surface area contributed by atoms with Crippen molar-refractivity contribution in [1.29, 1.82) is 0 Å². The van der Waals surface area contributed by atoms with Gasteiger partial charge in [0.15, 0.2) is 5.78 Å². The highest BCUT2D eigenvalue weighted by Crippen LogP contribution is 2.42. The van der Waals surface area contributed by atoms with Crippen molar-refractivity contribution in [2.24, 2.45) is 0 Å². The van der Waals surface area contributed by atoms with Crippen LogP contribution in [0.2, 0.25) is 0 Å². The summed E-state index contributed by atoms with van der Waals surface area (Å²) in [5.41, 5.74) is 4.76. The average Bonchev–Trinajstić information content (AvgIpc) is 3.26. The molecule has 0 N–H and O–H groups in total. The number of hydrogen-bond donors (Lipinski definition) is 0. The Hall–Kier alpha value is -3.84. The van der Waals surface area contributed by atoms with Gasteiger partial charge in [-0.25, -0.2) is 9.97 Å². The van der Waals surface area contributed by atoms with Crippen molar-refractivity contribution in [3.05, 3.63) is 83.0 Å². The maximum Gasteiger partial charge on any atom is 0.276 e. The second-order valence-corrected chi connectivity index (χ2v) is 9.02. The van der Waals surface area contributed by atoms with E-state index in [-0.39, 0.29) is 11.7 Å². The minimum atomic E-state index is -0.157. The fourth-order valence-corrected chi connectivity index (χ4v) is 5.38. The number of hydrogen-bond acceptors (Lipinski definition) is 6. The van der Waals surface area contributed by atoms with Crippen LogP contribution in [0, 0.1) is 0 Å². The molecule has 0 saturated heterocycles. The van der Waals surface area contributed by atoms with Crippen molar-refractivity contribution in [3.63, 3.8) is 0 Å². The molecule has 6 nitrogen and oxygen atoms in total. The van der Waals surface area contributed by atoms with Gasteiger partial charge in [0.25, 0.3) is 5.91 Å². The van der Waals surface area contributed by atoms with Gasteiger partial charge < -0.3 is 9.64 Å². The lowest BCUT2D eigenvalue weighted by Gasteiger charge is -2.23. The number of pyridine rings is 2. The fourth-order valence-electron chi connectivity index (χ4n) is 4.12. The number of carbonyl (C=O) groups excluding carboxylic acids is 2. The normalized spacial score (nSPS) is 12.5. The van der Waals surface area contributed by atoms with Gasteiger partial charge in [0.05, 0.1) is 23.4 Å². The molecular weight excluding hydrogens is 446 g/mol. The molecule has 0 aliphatic carbocycles. The molecule has 170 valence electrons.